The summed E-state index contributed by atoms with van der Waals surface area (Å²) in [5, 5.41) is 9.83. The molecule has 0 spiro atoms. The summed E-state index contributed by atoms with van der Waals surface area (Å²) in [6.45, 7) is 10.5. The van der Waals surface area contributed by atoms with E-state index in [2.05, 4.69) is 24.8 Å². The molecule has 1 saturated heterocycles. The average Bonchev–Trinajstić information content (AvgIpc) is 2.71. The number of carbonyl (C=O) groups is 1. The Hall–Kier alpha value is -2.68. The van der Waals surface area contributed by atoms with Gasteiger partial charge in [-0.2, -0.15) is 5.26 Å². The zero-order valence-electron chi connectivity index (χ0n) is 17.8. The van der Waals surface area contributed by atoms with Gasteiger partial charge >= 0.3 is 5.97 Å². The van der Waals surface area contributed by atoms with E-state index in [1.54, 1.807) is 0 Å². The second-order valence-corrected chi connectivity index (χ2v) is 8.48. The van der Waals surface area contributed by atoms with E-state index in [4.69, 9.17) is 14.7 Å². The number of nitriles is 1. The number of carbonyl (C=O) groups excluding carboxylic acids is 1. The fraction of sp³-hybridized carbons (Fsp3) is 0.565. The molecule has 6 heteroatoms. The van der Waals surface area contributed by atoms with Crippen molar-refractivity contribution in [2.75, 3.05) is 24.6 Å². The quantitative estimate of drug-likeness (QED) is 0.679. The Morgan fingerprint density at radius 3 is 2.45 bits per heavy atom. The maximum Gasteiger partial charge on any atom is 0.329 e. The van der Waals surface area contributed by atoms with Crippen molar-refractivity contribution in [2.24, 2.45) is 17.8 Å². The average molecular weight is 395 g/mol. The summed E-state index contributed by atoms with van der Waals surface area (Å²) in [7, 11) is 0. The predicted octanol–water partition coefficient (Wildman–Crippen LogP) is 4.31. The molecule has 1 aliphatic heterocycles. The second kappa shape index (κ2) is 9.21. The van der Waals surface area contributed by atoms with Gasteiger partial charge in [-0.1, -0.05) is 46.2 Å². The highest BCUT2D eigenvalue weighted by molar-refractivity contribution is 5.85. The lowest BCUT2D eigenvalue weighted by atomic mass is 9.91. The molecule has 1 aliphatic rings. The van der Waals surface area contributed by atoms with Crippen LogP contribution in [-0.4, -0.2) is 35.6 Å². The van der Waals surface area contributed by atoms with Crippen LogP contribution in [0.1, 0.15) is 52.1 Å². The number of hydrogen-bond donors (Lipinski definition) is 0. The third kappa shape index (κ3) is 4.84. The first-order chi connectivity index (χ1) is 13.9. The van der Waals surface area contributed by atoms with Crippen molar-refractivity contribution in [2.45, 2.75) is 46.5 Å². The van der Waals surface area contributed by atoms with Crippen LogP contribution in [0.15, 0.2) is 24.3 Å². The number of nitrogens with zero attached hydrogens (tertiary/aromatic N) is 4. The third-order valence-electron chi connectivity index (χ3n) is 5.59. The fourth-order valence-corrected chi connectivity index (χ4v) is 3.92. The van der Waals surface area contributed by atoms with Gasteiger partial charge < -0.3 is 9.64 Å². The van der Waals surface area contributed by atoms with Gasteiger partial charge in [0.15, 0.2) is 11.7 Å². The Kier molecular flexibility index (Phi) is 6.68. The first kappa shape index (κ1) is 21.0. The van der Waals surface area contributed by atoms with Crippen LogP contribution in [0.3, 0.4) is 0 Å². The normalized spacial score (nSPS) is 21.4. The fourth-order valence-electron chi connectivity index (χ4n) is 3.92. The maximum absolute atomic E-state index is 12.8. The van der Waals surface area contributed by atoms with E-state index in [0.717, 1.165) is 31.4 Å². The summed E-state index contributed by atoms with van der Waals surface area (Å²) >= 11 is 0. The lowest BCUT2D eigenvalue weighted by molar-refractivity contribution is -0.145. The summed E-state index contributed by atoms with van der Waals surface area (Å²) in [4.78, 5) is 24.5. The first-order valence-electron chi connectivity index (χ1n) is 10.5. The van der Waals surface area contributed by atoms with Gasteiger partial charge in [-0.05, 0) is 36.3 Å². The van der Waals surface area contributed by atoms with Crippen molar-refractivity contribution in [1.29, 1.82) is 5.26 Å². The molecule has 0 N–H and O–H groups in total. The minimum absolute atomic E-state index is 0.254. The minimum Gasteiger partial charge on any atom is -0.464 e. The van der Waals surface area contributed by atoms with E-state index in [9.17, 15) is 10.1 Å². The number of esters is 1. The monoisotopic (exact) mass is 394 g/mol. The Balaban J connectivity index is 2.02. The van der Waals surface area contributed by atoms with Crippen LogP contribution in [-0.2, 0) is 9.53 Å². The molecule has 1 fully saturated rings. The van der Waals surface area contributed by atoms with Crippen LogP contribution in [0.25, 0.3) is 11.0 Å². The van der Waals surface area contributed by atoms with Crippen molar-refractivity contribution < 1.29 is 9.53 Å². The van der Waals surface area contributed by atoms with E-state index >= 15 is 0 Å². The van der Waals surface area contributed by atoms with Crippen LogP contribution in [0.5, 0.6) is 0 Å². The highest BCUT2D eigenvalue weighted by Crippen LogP contribution is 2.32. The Morgan fingerprint density at radius 1 is 1.24 bits per heavy atom. The van der Waals surface area contributed by atoms with Crippen LogP contribution >= 0.6 is 0 Å². The zero-order valence-corrected chi connectivity index (χ0v) is 17.8. The number of benzene rings is 1. The number of ether oxygens (including phenoxy) is 1. The lowest BCUT2D eigenvalue weighted by Gasteiger charge is -2.36. The molecule has 154 valence electrons. The Labute approximate surface area is 172 Å². The minimum atomic E-state index is -1.08. The number of fused-ring (bicyclic) bond motifs is 1. The topological polar surface area (TPSA) is 79.1 Å². The molecule has 0 radical (unpaired) electrons. The molecule has 2 heterocycles. The number of piperidine rings is 1. The van der Waals surface area contributed by atoms with Crippen LogP contribution in [0.2, 0.25) is 0 Å². The number of rotatable bonds is 6. The summed E-state index contributed by atoms with van der Waals surface area (Å²) in [6, 6.07) is 9.70. The van der Waals surface area contributed by atoms with Crippen molar-refractivity contribution in [3.63, 3.8) is 0 Å². The number of aromatic nitrogens is 2. The van der Waals surface area contributed by atoms with Gasteiger partial charge in [0.2, 0.25) is 0 Å². The van der Waals surface area contributed by atoms with Crippen LogP contribution in [0, 0.1) is 29.1 Å². The summed E-state index contributed by atoms with van der Waals surface area (Å²) < 4.78 is 5.45. The smallest absolute Gasteiger partial charge is 0.329 e. The van der Waals surface area contributed by atoms with Gasteiger partial charge in [0.05, 0.1) is 23.7 Å². The molecule has 1 aromatic carbocycles. The molecule has 0 saturated carbocycles. The maximum atomic E-state index is 12.8. The van der Waals surface area contributed by atoms with Crippen LogP contribution in [0.4, 0.5) is 5.82 Å². The standard InChI is InChI=1S/C23H30N4O2/c1-5-15(2)14-29-23(28)18(11-24)21-22(27-12-16(3)10-17(4)13-27)26-20-9-7-6-8-19(20)25-21/h6-9,15-18H,5,10,12-14H2,1-4H3/t15-,16-,17-,18+/m0/s1. The van der Waals surface area contributed by atoms with Crippen molar-refractivity contribution in [1.82, 2.24) is 9.97 Å². The molecule has 0 bridgehead atoms. The molecule has 0 amide bonds. The highest BCUT2D eigenvalue weighted by atomic mass is 16.5. The van der Waals surface area contributed by atoms with Gasteiger partial charge in [0.1, 0.15) is 5.69 Å². The Bertz CT molecular complexity index is 897. The molecule has 1 aromatic heterocycles. The summed E-state index contributed by atoms with van der Waals surface area (Å²) in [6.07, 6.45) is 2.07. The van der Waals surface area contributed by atoms with Crippen molar-refractivity contribution >= 4 is 22.8 Å². The number of para-hydroxylation sites is 2. The summed E-state index contributed by atoms with van der Waals surface area (Å²) in [5.74, 6) is 0.282. The van der Waals surface area contributed by atoms with E-state index in [-0.39, 0.29) is 5.92 Å². The van der Waals surface area contributed by atoms with Gasteiger partial charge in [-0.25, -0.2) is 9.97 Å². The Morgan fingerprint density at radius 2 is 1.86 bits per heavy atom. The molecular formula is C23H30N4O2. The van der Waals surface area contributed by atoms with E-state index in [1.165, 1.54) is 0 Å². The third-order valence-corrected chi connectivity index (χ3v) is 5.59. The largest absolute Gasteiger partial charge is 0.464 e. The lowest BCUT2D eigenvalue weighted by Crippen LogP contribution is -2.40. The molecule has 0 unspecified atom stereocenters. The molecule has 6 nitrogen and oxygen atoms in total. The highest BCUT2D eigenvalue weighted by Gasteiger charge is 2.32. The van der Waals surface area contributed by atoms with Gasteiger partial charge in [-0.3, -0.25) is 4.79 Å². The number of hydrogen-bond acceptors (Lipinski definition) is 6. The molecular weight excluding hydrogens is 364 g/mol. The van der Waals surface area contributed by atoms with Crippen molar-refractivity contribution in [3.8, 4) is 6.07 Å². The molecule has 4 atom stereocenters. The van der Waals surface area contributed by atoms with Gasteiger partial charge in [0.25, 0.3) is 0 Å². The predicted molar refractivity (Wildman–Crippen MR) is 113 cm³/mol. The second-order valence-electron chi connectivity index (χ2n) is 8.48. The van der Waals surface area contributed by atoms with E-state index in [0.29, 0.717) is 35.5 Å². The van der Waals surface area contributed by atoms with E-state index < -0.39 is 11.9 Å². The zero-order chi connectivity index (χ0) is 21.0. The molecule has 3 rings (SSSR count). The molecule has 29 heavy (non-hydrogen) atoms. The van der Waals surface area contributed by atoms with Crippen molar-refractivity contribution in [3.05, 3.63) is 30.0 Å². The summed E-state index contributed by atoms with van der Waals surface area (Å²) in [5.41, 5.74) is 1.85. The first-order valence-corrected chi connectivity index (χ1v) is 10.5. The van der Waals surface area contributed by atoms with Gasteiger partial charge in [-0.15, -0.1) is 0 Å². The number of anilines is 1. The molecule has 0 aliphatic carbocycles. The van der Waals surface area contributed by atoms with Gasteiger partial charge in [0, 0.05) is 13.1 Å². The van der Waals surface area contributed by atoms with E-state index in [1.807, 2.05) is 38.1 Å². The SMILES string of the molecule is CC[C@H](C)COC(=O)[C@H](C#N)c1nc2ccccc2nc1N1C[C@@H](C)C[C@H](C)C1. The van der Waals surface area contributed by atoms with Crippen LogP contribution < -0.4 is 4.90 Å². The molecule has 2 aromatic rings.